The molecule has 1 atom stereocenters. The van der Waals surface area contributed by atoms with E-state index in [4.69, 9.17) is 4.74 Å². The molecule has 1 aliphatic rings. The number of hydrogen-bond donors (Lipinski definition) is 1. The highest BCUT2D eigenvalue weighted by molar-refractivity contribution is 5.14. The fourth-order valence-electron chi connectivity index (χ4n) is 2.08. The largest absolute Gasteiger partial charge is 0.367 e. The Bertz CT molecular complexity index is 507. The summed E-state index contributed by atoms with van der Waals surface area (Å²) in [7, 11) is 0. The lowest BCUT2D eigenvalue weighted by atomic mass is 10.2. The Labute approximate surface area is 138 Å². The van der Waals surface area contributed by atoms with E-state index in [-0.39, 0.29) is 5.82 Å². The van der Waals surface area contributed by atoms with Gasteiger partial charge in [-0.15, -0.1) is 0 Å². The quantitative estimate of drug-likeness (QED) is 0.916. The maximum absolute atomic E-state index is 11.9. The van der Waals surface area contributed by atoms with Crippen LogP contribution in [-0.4, -0.2) is 36.0 Å². The topological polar surface area (TPSA) is 32.7 Å². The van der Waals surface area contributed by atoms with E-state index in [0.717, 1.165) is 13.1 Å². The van der Waals surface area contributed by atoms with Crippen molar-refractivity contribution in [3.8, 4) is 0 Å². The van der Waals surface area contributed by atoms with Crippen molar-refractivity contribution in [1.29, 1.82) is 0 Å². The van der Waals surface area contributed by atoms with Crippen molar-refractivity contribution < 1.29 is 14.2 Å². The molecule has 1 fully saturated rings. The van der Waals surface area contributed by atoms with Gasteiger partial charge in [-0.1, -0.05) is 62.4 Å². The van der Waals surface area contributed by atoms with Crippen LogP contribution < -0.4 is 0 Å². The highest BCUT2D eigenvalue weighted by atomic mass is 19.1. The number of nitrogens with zero attached hydrogens (tertiary/aromatic N) is 1. The molecule has 0 aromatic heterocycles. The summed E-state index contributed by atoms with van der Waals surface area (Å²) in [6, 6.07) is 18.2. The van der Waals surface area contributed by atoms with E-state index in [1.807, 2.05) is 32.0 Å². The molecule has 2 aromatic rings. The predicted octanol–water partition coefficient (Wildman–Crippen LogP) is 3.69. The second kappa shape index (κ2) is 11.8. The lowest BCUT2D eigenvalue weighted by Gasteiger charge is -2.29. The molecular weight excluding hydrogens is 293 g/mol. The zero-order valence-electron chi connectivity index (χ0n) is 13.9. The number of hydrogen-bond acceptors (Lipinski definition) is 3. The summed E-state index contributed by atoms with van der Waals surface area (Å²) < 4.78 is 17.0. The van der Waals surface area contributed by atoms with Crippen LogP contribution in [0.4, 0.5) is 4.39 Å². The number of β-amino-alcohol motifs (C(OH)–C–C–N with tert-alkyl or cyclic N) is 1. The summed E-state index contributed by atoms with van der Waals surface area (Å²) in [5.74, 6) is -0.178. The van der Waals surface area contributed by atoms with Crippen LogP contribution in [0, 0.1) is 5.82 Å². The summed E-state index contributed by atoms with van der Waals surface area (Å²) >= 11 is 0. The van der Waals surface area contributed by atoms with Crippen molar-refractivity contribution in [2.45, 2.75) is 26.7 Å². The van der Waals surface area contributed by atoms with Gasteiger partial charge in [0.05, 0.1) is 6.61 Å². The molecule has 126 valence electrons. The molecule has 3 nitrogen and oxygen atoms in total. The first-order valence-corrected chi connectivity index (χ1v) is 8.00. The van der Waals surface area contributed by atoms with Gasteiger partial charge in [0.1, 0.15) is 5.82 Å². The fourth-order valence-corrected chi connectivity index (χ4v) is 2.08. The number of ether oxygens (including phenoxy) is 1. The first-order chi connectivity index (χ1) is 11.2. The van der Waals surface area contributed by atoms with Crippen molar-refractivity contribution in [1.82, 2.24) is 4.90 Å². The number of aliphatic hydroxyl groups is 1. The lowest BCUT2D eigenvalue weighted by molar-refractivity contribution is -0.147. The molecule has 0 amide bonds. The summed E-state index contributed by atoms with van der Waals surface area (Å²) in [5.41, 5.74) is 1.28. The Kier molecular flexibility index (Phi) is 9.87. The Morgan fingerprint density at radius 1 is 1.04 bits per heavy atom. The maximum atomic E-state index is 11.9. The van der Waals surface area contributed by atoms with Crippen molar-refractivity contribution in [2.75, 3.05) is 19.7 Å². The smallest absolute Gasteiger partial charge is 0.167 e. The third kappa shape index (κ3) is 8.45. The highest BCUT2D eigenvalue weighted by Crippen LogP contribution is 2.08. The van der Waals surface area contributed by atoms with Gasteiger partial charge in [0.15, 0.2) is 6.29 Å². The van der Waals surface area contributed by atoms with E-state index < -0.39 is 6.29 Å². The van der Waals surface area contributed by atoms with E-state index in [9.17, 15) is 9.50 Å². The molecule has 0 radical (unpaired) electrons. The second-order valence-corrected chi connectivity index (χ2v) is 4.84. The average Bonchev–Trinajstić information content (AvgIpc) is 2.59. The Balaban J connectivity index is 0.000000247. The van der Waals surface area contributed by atoms with Crippen LogP contribution >= 0.6 is 0 Å². The first-order valence-electron chi connectivity index (χ1n) is 8.00. The average molecular weight is 319 g/mol. The van der Waals surface area contributed by atoms with E-state index in [1.165, 1.54) is 17.7 Å². The van der Waals surface area contributed by atoms with Crippen LogP contribution in [0.5, 0.6) is 0 Å². The van der Waals surface area contributed by atoms with Crippen molar-refractivity contribution in [2.24, 2.45) is 0 Å². The van der Waals surface area contributed by atoms with E-state index in [1.54, 1.807) is 18.2 Å². The standard InChI is InChI=1S/C11H15NO2.C6H5F.C2H6/c13-11-9-12(6-7-14-11)8-10-4-2-1-3-5-10;7-6-4-2-1-3-5-6;1-2/h1-5,11,13H,6-9H2;1-5H;1-2H3. The minimum Gasteiger partial charge on any atom is -0.367 e. The van der Waals surface area contributed by atoms with Crippen LogP contribution in [0.2, 0.25) is 0 Å². The molecule has 1 saturated heterocycles. The fraction of sp³-hybridized carbons (Fsp3) is 0.368. The van der Waals surface area contributed by atoms with E-state index in [0.29, 0.717) is 13.2 Å². The molecule has 23 heavy (non-hydrogen) atoms. The van der Waals surface area contributed by atoms with Crippen molar-refractivity contribution >= 4 is 0 Å². The Morgan fingerprint density at radius 2 is 1.61 bits per heavy atom. The number of benzene rings is 2. The van der Waals surface area contributed by atoms with Crippen LogP contribution in [0.25, 0.3) is 0 Å². The van der Waals surface area contributed by atoms with Crippen LogP contribution in [0.15, 0.2) is 60.7 Å². The predicted molar refractivity (Wildman–Crippen MR) is 91.4 cm³/mol. The van der Waals surface area contributed by atoms with Gasteiger partial charge < -0.3 is 9.84 Å². The summed E-state index contributed by atoms with van der Waals surface area (Å²) in [5, 5.41) is 9.29. The molecule has 1 unspecified atom stereocenters. The minimum absolute atomic E-state index is 0.178. The summed E-state index contributed by atoms with van der Waals surface area (Å²) in [4.78, 5) is 2.20. The van der Waals surface area contributed by atoms with Gasteiger partial charge in [-0.25, -0.2) is 4.39 Å². The number of morpholine rings is 1. The summed E-state index contributed by atoms with van der Waals surface area (Å²) in [6.45, 7) is 7.01. The SMILES string of the molecule is CC.Fc1ccccc1.OC1CN(Cc2ccccc2)CCO1. The zero-order valence-corrected chi connectivity index (χ0v) is 13.9. The van der Waals surface area contributed by atoms with Gasteiger partial charge in [0, 0.05) is 19.6 Å². The third-order valence-corrected chi connectivity index (χ3v) is 3.11. The number of halogens is 1. The number of rotatable bonds is 2. The van der Waals surface area contributed by atoms with Crippen LogP contribution in [0.1, 0.15) is 19.4 Å². The number of aliphatic hydroxyl groups excluding tert-OH is 1. The van der Waals surface area contributed by atoms with Crippen LogP contribution in [-0.2, 0) is 11.3 Å². The molecule has 4 heteroatoms. The Hall–Kier alpha value is -1.75. The second-order valence-electron chi connectivity index (χ2n) is 4.84. The van der Waals surface area contributed by atoms with Gasteiger partial charge in [0.2, 0.25) is 0 Å². The molecular formula is C19H26FNO2. The van der Waals surface area contributed by atoms with Gasteiger partial charge in [-0.05, 0) is 17.7 Å². The normalized spacial score (nSPS) is 17.3. The molecule has 0 saturated carbocycles. The van der Waals surface area contributed by atoms with Gasteiger partial charge in [-0.3, -0.25) is 4.90 Å². The lowest BCUT2D eigenvalue weighted by Crippen LogP contribution is -2.41. The monoisotopic (exact) mass is 319 g/mol. The molecule has 0 bridgehead atoms. The van der Waals surface area contributed by atoms with Gasteiger partial charge in [0.25, 0.3) is 0 Å². The third-order valence-electron chi connectivity index (χ3n) is 3.11. The van der Waals surface area contributed by atoms with E-state index in [2.05, 4.69) is 17.0 Å². The molecule has 1 aliphatic heterocycles. The van der Waals surface area contributed by atoms with Gasteiger partial charge >= 0.3 is 0 Å². The molecule has 3 rings (SSSR count). The molecule has 1 N–H and O–H groups in total. The Morgan fingerprint density at radius 3 is 2.09 bits per heavy atom. The van der Waals surface area contributed by atoms with Gasteiger partial charge in [-0.2, -0.15) is 0 Å². The zero-order chi connectivity index (χ0) is 16.9. The molecule has 2 aromatic carbocycles. The molecule has 0 spiro atoms. The minimum atomic E-state index is -0.618. The van der Waals surface area contributed by atoms with E-state index >= 15 is 0 Å². The highest BCUT2D eigenvalue weighted by Gasteiger charge is 2.17. The first kappa shape index (κ1) is 19.3. The maximum Gasteiger partial charge on any atom is 0.167 e. The summed E-state index contributed by atoms with van der Waals surface area (Å²) in [6.07, 6.45) is -0.618. The van der Waals surface area contributed by atoms with Crippen molar-refractivity contribution in [3.05, 3.63) is 72.0 Å². The molecule has 0 aliphatic carbocycles. The van der Waals surface area contributed by atoms with Crippen molar-refractivity contribution in [3.63, 3.8) is 0 Å². The van der Waals surface area contributed by atoms with Crippen LogP contribution in [0.3, 0.4) is 0 Å². The molecule has 1 heterocycles.